The van der Waals surface area contributed by atoms with E-state index in [9.17, 15) is 4.79 Å². The topological polar surface area (TPSA) is 105 Å². The molecule has 1 aromatic heterocycles. The summed E-state index contributed by atoms with van der Waals surface area (Å²) in [6, 6.07) is 0. The fraction of sp³-hybridized carbons (Fsp3) is 0.692. The summed E-state index contributed by atoms with van der Waals surface area (Å²) in [6.45, 7) is 7.25. The minimum Gasteiger partial charge on any atom is -0.409 e. The maximum atomic E-state index is 12.6. The van der Waals surface area contributed by atoms with Gasteiger partial charge in [-0.2, -0.15) is 0 Å². The summed E-state index contributed by atoms with van der Waals surface area (Å²) in [5.41, 5.74) is 6.17. The Kier molecular flexibility index (Phi) is 4.46. The van der Waals surface area contributed by atoms with Crippen molar-refractivity contribution in [3.8, 4) is 0 Å². The molecule has 0 aliphatic carbocycles. The number of hydrogen-bond acceptors (Lipinski definition) is 6. The van der Waals surface area contributed by atoms with Crippen LogP contribution in [-0.4, -0.2) is 44.5 Å². The first-order valence-electron chi connectivity index (χ1n) is 6.94. The molecule has 21 heavy (non-hydrogen) atoms. The predicted molar refractivity (Wildman–Crippen MR) is 80.6 cm³/mol. The van der Waals surface area contributed by atoms with E-state index < -0.39 is 0 Å². The zero-order chi connectivity index (χ0) is 15.6. The van der Waals surface area contributed by atoms with Crippen LogP contribution in [0.25, 0.3) is 0 Å². The van der Waals surface area contributed by atoms with Gasteiger partial charge in [0.1, 0.15) is 10.7 Å². The molecule has 2 rings (SSSR count). The Labute approximate surface area is 128 Å². The minimum atomic E-state index is -0.204. The van der Waals surface area contributed by atoms with Gasteiger partial charge in [0, 0.05) is 24.4 Å². The van der Waals surface area contributed by atoms with Crippen molar-refractivity contribution in [1.82, 2.24) is 14.5 Å². The molecule has 1 fully saturated rings. The zero-order valence-electron chi connectivity index (χ0n) is 12.5. The van der Waals surface area contributed by atoms with Crippen LogP contribution in [0.4, 0.5) is 0 Å². The van der Waals surface area contributed by atoms with Crippen molar-refractivity contribution in [3.63, 3.8) is 0 Å². The molecule has 1 aliphatic rings. The lowest BCUT2D eigenvalue weighted by Crippen LogP contribution is -2.42. The number of amides is 1. The molecule has 0 bridgehead atoms. The Balaban J connectivity index is 2.08. The highest BCUT2D eigenvalue weighted by atomic mass is 32.1. The van der Waals surface area contributed by atoms with Crippen LogP contribution in [0.15, 0.2) is 5.16 Å². The van der Waals surface area contributed by atoms with Gasteiger partial charge in [0.15, 0.2) is 0 Å². The number of rotatable bonds is 2. The van der Waals surface area contributed by atoms with Crippen LogP contribution in [-0.2, 0) is 5.41 Å². The van der Waals surface area contributed by atoms with Crippen molar-refractivity contribution in [2.75, 3.05) is 13.1 Å². The number of piperidine rings is 1. The maximum absolute atomic E-state index is 12.6. The number of nitrogens with zero attached hydrogens (tertiary/aromatic N) is 4. The van der Waals surface area contributed by atoms with Gasteiger partial charge in [0.25, 0.3) is 5.91 Å². The smallest absolute Gasteiger partial charge is 0.267 e. The SMILES string of the molecule is CC(C)(C)c1nnsc1C(=O)N1CCC(C(N)=NO)CC1. The summed E-state index contributed by atoms with van der Waals surface area (Å²) in [5, 5.41) is 15.9. The first-order chi connectivity index (χ1) is 9.84. The van der Waals surface area contributed by atoms with Gasteiger partial charge in [-0.1, -0.05) is 30.4 Å². The Morgan fingerprint density at radius 1 is 1.43 bits per heavy atom. The predicted octanol–water partition coefficient (Wildman–Crippen LogP) is 1.43. The molecule has 2 heterocycles. The van der Waals surface area contributed by atoms with Crippen LogP contribution in [0.5, 0.6) is 0 Å². The van der Waals surface area contributed by atoms with E-state index in [0.717, 1.165) is 17.2 Å². The first-order valence-corrected chi connectivity index (χ1v) is 7.71. The Bertz CT molecular complexity index is 541. The van der Waals surface area contributed by atoms with Gasteiger partial charge < -0.3 is 15.8 Å². The molecule has 1 aromatic rings. The highest BCUT2D eigenvalue weighted by Crippen LogP contribution is 2.28. The van der Waals surface area contributed by atoms with E-state index in [4.69, 9.17) is 10.9 Å². The van der Waals surface area contributed by atoms with E-state index in [1.54, 1.807) is 4.90 Å². The van der Waals surface area contributed by atoms with Crippen LogP contribution in [0, 0.1) is 5.92 Å². The highest BCUT2D eigenvalue weighted by molar-refractivity contribution is 7.08. The second kappa shape index (κ2) is 5.97. The quantitative estimate of drug-likeness (QED) is 0.372. The van der Waals surface area contributed by atoms with Crippen LogP contribution in [0.3, 0.4) is 0 Å². The summed E-state index contributed by atoms with van der Waals surface area (Å²) < 4.78 is 3.93. The summed E-state index contributed by atoms with van der Waals surface area (Å²) in [6.07, 6.45) is 1.41. The Hall–Kier alpha value is -1.70. The molecule has 1 aliphatic heterocycles. The Morgan fingerprint density at radius 3 is 2.57 bits per heavy atom. The third kappa shape index (κ3) is 3.31. The molecular formula is C13H21N5O2S. The monoisotopic (exact) mass is 311 g/mol. The van der Waals surface area contributed by atoms with E-state index in [1.165, 1.54) is 0 Å². The van der Waals surface area contributed by atoms with Gasteiger partial charge in [-0.15, -0.1) is 5.10 Å². The standard InChI is InChI=1S/C13H21N5O2S/c1-13(2,3)10-9(21-17-15-10)12(19)18-6-4-8(5-7-18)11(14)16-20/h8,20H,4-7H2,1-3H3,(H2,14,16). The molecule has 0 unspecified atom stereocenters. The molecule has 0 aromatic carbocycles. The molecule has 0 radical (unpaired) electrons. The molecule has 7 nitrogen and oxygen atoms in total. The number of carbonyl (C=O) groups is 1. The summed E-state index contributed by atoms with van der Waals surface area (Å²) in [4.78, 5) is 15.0. The summed E-state index contributed by atoms with van der Waals surface area (Å²) in [7, 11) is 0. The molecule has 0 atom stereocenters. The average molecular weight is 311 g/mol. The summed E-state index contributed by atoms with van der Waals surface area (Å²) >= 11 is 1.15. The van der Waals surface area contributed by atoms with E-state index in [0.29, 0.717) is 30.8 Å². The second-order valence-electron chi connectivity index (χ2n) is 6.29. The fourth-order valence-corrected chi connectivity index (χ4v) is 3.27. The van der Waals surface area contributed by atoms with E-state index in [-0.39, 0.29) is 23.1 Å². The average Bonchev–Trinajstić information content (AvgIpc) is 2.95. The molecule has 3 N–H and O–H groups in total. The van der Waals surface area contributed by atoms with Gasteiger partial charge >= 0.3 is 0 Å². The molecule has 0 spiro atoms. The molecule has 8 heteroatoms. The molecule has 1 saturated heterocycles. The van der Waals surface area contributed by atoms with Crippen LogP contribution in [0.1, 0.15) is 49.0 Å². The van der Waals surface area contributed by atoms with Crippen LogP contribution < -0.4 is 5.73 Å². The third-order valence-corrected chi connectivity index (χ3v) is 4.42. The lowest BCUT2D eigenvalue weighted by molar-refractivity contribution is 0.0711. The van der Waals surface area contributed by atoms with Gasteiger partial charge in [0.2, 0.25) is 0 Å². The van der Waals surface area contributed by atoms with Crippen molar-refractivity contribution >= 4 is 23.3 Å². The lowest BCUT2D eigenvalue weighted by Gasteiger charge is -2.31. The van der Waals surface area contributed by atoms with Crippen LogP contribution >= 0.6 is 11.5 Å². The fourth-order valence-electron chi connectivity index (χ4n) is 2.43. The van der Waals surface area contributed by atoms with Gasteiger partial charge in [-0.3, -0.25) is 4.79 Å². The highest BCUT2D eigenvalue weighted by Gasteiger charge is 2.31. The number of oxime groups is 1. The lowest BCUT2D eigenvalue weighted by atomic mass is 9.90. The van der Waals surface area contributed by atoms with Gasteiger partial charge in [-0.05, 0) is 24.4 Å². The van der Waals surface area contributed by atoms with Crippen LogP contribution in [0.2, 0.25) is 0 Å². The maximum Gasteiger partial charge on any atom is 0.267 e. The largest absolute Gasteiger partial charge is 0.409 e. The van der Waals surface area contributed by atoms with E-state index in [1.807, 2.05) is 20.8 Å². The molecular weight excluding hydrogens is 290 g/mol. The van der Waals surface area contributed by atoms with Gasteiger partial charge in [-0.25, -0.2) is 0 Å². The molecule has 116 valence electrons. The number of carbonyl (C=O) groups excluding carboxylic acids is 1. The number of hydrogen-bond donors (Lipinski definition) is 2. The van der Waals surface area contributed by atoms with Crippen molar-refractivity contribution < 1.29 is 10.0 Å². The van der Waals surface area contributed by atoms with Gasteiger partial charge in [0.05, 0.1) is 5.69 Å². The number of likely N-dealkylation sites (tertiary alicyclic amines) is 1. The molecule has 1 amide bonds. The van der Waals surface area contributed by atoms with Crippen molar-refractivity contribution in [2.45, 2.75) is 39.0 Å². The second-order valence-corrected chi connectivity index (χ2v) is 7.05. The normalized spacial score (nSPS) is 18.0. The van der Waals surface area contributed by atoms with Crippen molar-refractivity contribution in [3.05, 3.63) is 10.6 Å². The number of aromatic nitrogens is 2. The molecule has 0 saturated carbocycles. The van der Waals surface area contributed by atoms with E-state index >= 15 is 0 Å². The number of nitrogens with two attached hydrogens (primary N) is 1. The summed E-state index contributed by atoms with van der Waals surface area (Å²) in [5.74, 6) is 0.269. The van der Waals surface area contributed by atoms with Crippen molar-refractivity contribution in [2.24, 2.45) is 16.8 Å². The minimum absolute atomic E-state index is 0.0205. The number of amidine groups is 1. The van der Waals surface area contributed by atoms with E-state index in [2.05, 4.69) is 14.7 Å². The Morgan fingerprint density at radius 2 is 2.05 bits per heavy atom. The third-order valence-electron chi connectivity index (χ3n) is 3.71. The zero-order valence-corrected chi connectivity index (χ0v) is 13.4. The van der Waals surface area contributed by atoms with Crippen molar-refractivity contribution in [1.29, 1.82) is 0 Å². The first kappa shape index (κ1) is 15.7.